The first-order valence-corrected chi connectivity index (χ1v) is 11.5. The Morgan fingerprint density at radius 1 is 1.24 bits per heavy atom. The summed E-state index contributed by atoms with van der Waals surface area (Å²) >= 11 is 0. The van der Waals surface area contributed by atoms with Crippen LogP contribution in [0.4, 0.5) is 4.39 Å². The van der Waals surface area contributed by atoms with Gasteiger partial charge in [0.2, 0.25) is 11.8 Å². The molecule has 0 aliphatic heterocycles. The van der Waals surface area contributed by atoms with Crippen LogP contribution in [0.3, 0.4) is 0 Å². The van der Waals surface area contributed by atoms with Gasteiger partial charge in [0.1, 0.15) is 16.9 Å². The molecule has 2 amide bonds. The van der Waals surface area contributed by atoms with Crippen molar-refractivity contribution in [3.63, 3.8) is 0 Å². The zero-order valence-corrected chi connectivity index (χ0v) is 19.4. The van der Waals surface area contributed by atoms with Crippen LogP contribution in [0.1, 0.15) is 43.2 Å². The number of carbonyl (C=O) groups is 2. The fraction of sp³-hybridized carbons (Fsp3) is 0.400. The number of fused-ring (bicyclic) bond motifs is 1. The summed E-state index contributed by atoms with van der Waals surface area (Å²) < 4.78 is 20.7. The minimum Gasteiger partial charge on any atom is -0.453 e. The molecule has 1 saturated carbocycles. The minimum atomic E-state index is -0.934. The molecule has 1 atom stereocenters. The largest absolute Gasteiger partial charge is 0.453 e. The van der Waals surface area contributed by atoms with Crippen molar-refractivity contribution < 1.29 is 18.7 Å². The number of amides is 2. The second-order valence-corrected chi connectivity index (χ2v) is 8.89. The number of pyridine rings is 1. The number of likely N-dealkylation sites (N-methyl/N-ethyl adjacent to an activating group) is 1. The Hall–Kier alpha value is -3.46. The molecule has 34 heavy (non-hydrogen) atoms. The summed E-state index contributed by atoms with van der Waals surface area (Å²) in [4.78, 5) is 32.6. The van der Waals surface area contributed by atoms with E-state index in [-0.39, 0.29) is 18.1 Å². The van der Waals surface area contributed by atoms with Gasteiger partial charge in [0.05, 0.1) is 11.4 Å². The standard InChI is InChI=1S/C25H30FN5O3/c1-15-14-30-22-21(15)20(8-11-29-22)34-19-7-6-16(12-17(19)26)13-18(27)23(32)31-25(24(33)28-2)9-4-3-5-10-25/h6-8,11-12,14,18H,3-5,9-10,13,27H2,1-2H3,(H,28,33)(H,29,30)(H,31,32)/t18-/m0/s1. The fourth-order valence-corrected chi connectivity index (χ4v) is 4.62. The van der Waals surface area contributed by atoms with Gasteiger partial charge in [0.25, 0.3) is 0 Å². The molecule has 0 radical (unpaired) electrons. The highest BCUT2D eigenvalue weighted by Gasteiger charge is 2.41. The van der Waals surface area contributed by atoms with E-state index in [1.165, 1.54) is 12.1 Å². The van der Waals surface area contributed by atoms with Crippen LogP contribution in [0, 0.1) is 12.7 Å². The highest BCUT2D eigenvalue weighted by molar-refractivity contribution is 5.93. The molecule has 0 spiro atoms. The maximum Gasteiger partial charge on any atom is 0.245 e. The topological polar surface area (TPSA) is 122 Å². The predicted octanol–water partition coefficient (Wildman–Crippen LogP) is 3.24. The Morgan fingerprint density at radius 2 is 2.00 bits per heavy atom. The lowest BCUT2D eigenvalue weighted by Crippen LogP contribution is -2.62. The van der Waals surface area contributed by atoms with Gasteiger partial charge in [0.15, 0.2) is 11.6 Å². The Kier molecular flexibility index (Phi) is 6.83. The molecule has 0 unspecified atom stereocenters. The normalized spacial score (nSPS) is 16.1. The van der Waals surface area contributed by atoms with Gasteiger partial charge in [-0.15, -0.1) is 0 Å². The lowest BCUT2D eigenvalue weighted by Gasteiger charge is -2.37. The van der Waals surface area contributed by atoms with Crippen molar-refractivity contribution in [2.75, 3.05) is 7.05 Å². The first kappa shape index (κ1) is 23.7. The van der Waals surface area contributed by atoms with E-state index in [4.69, 9.17) is 10.5 Å². The summed E-state index contributed by atoms with van der Waals surface area (Å²) in [6, 6.07) is 5.29. The van der Waals surface area contributed by atoms with E-state index >= 15 is 0 Å². The van der Waals surface area contributed by atoms with E-state index in [2.05, 4.69) is 20.6 Å². The lowest BCUT2D eigenvalue weighted by atomic mass is 9.80. The summed E-state index contributed by atoms with van der Waals surface area (Å²) in [6.07, 6.45) is 7.45. The maximum atomic E-state index is 14.9. The van der Waals surface area contributed by atoms with Gasteiger partial charge in [0, 0.05) is 19.4 Å². The summed E-state index contributed by atoms with van der Waals surface area (Å²) in [7, 11) is 1.56. The molecule has 9 heteroatoms. The number of H-pyrrole nitrogens is 1. The second-order valence-electron chi connectivity index (χ2n) is 8.89. The number of nitrogens with one attached hydrogen (secondary N) is 3. The zero-order valence-electron chi connectivity index (χ0n) is 19.4. The summed E-state index contributed by atoms with van der Waals surface area (Å²) in [5.74, 6) is -0.622. The molecule has 5 N–H and O–H groups in total. The third kappa shape index (κ3) is 4.75. The SMILES string of the molecule is CNC(=O)C1(NC(=O)[C@@H](N)Cc2ccc(Oc3ccnc4[nH]cc(C)c34)c(F)c2)CCCCC1. The summed E-state index contributed by atoms with van der Waals surface area (Å²) in [6.45, 7) is 1.92. The number of carbonyl (C=O) groups excluding carboxylic acids is 2. The van der Waals surface area contributed by atoms with E-state index in [9.17, 15) is 14.0 Å². The van der Waals surface area contributed by atoms with Gasteiger partial charge >= 0.3 is 0 Å². The Morgan fingerprint density at radius 3 is 2.71 bits per heavy atom. The third-order valence-electron chi connectivity index (χ3n) is 6.47. The number of aromatic amines is 1. The quantitative estimate of drug-likeness (QED) is 0.425. The third-order valence-corrected chi connectivity index (χ3v) is 6.47. The molecule has 8 nitrogen and oxygen atoms in total. The van der Waals surface area contributed by atoms with Crippen molar-refractivity contribution in [1.29, 1.82) is 0 Å². The van der Waals surface area contributed by atoms with Gasteiger partial charge in [-0.2, -0.15) is 0 Å². The van der Waals surface area contributed by atoms with Crippen LogP contribution < -0.4 is 21.1 Å². The molecule has 1 aromatic carbocycles. The molecule has 0 bridgehead atoms. The number of nitrogens with two attached hydrogens (primary N) is 1. The van der Waals surface area contributed by atoms with E-state index in [1.807, 2.05) is 13.1 Å². The molecular formula is C25H30FN5O3. The Labute approximate surface area is 197 Å². The fourth-order valence-electron chi connectivity index (χ4n) is 4.62. The second kappa shape index (κ2) is 9.80. The Balaban J connectivity index is 1.45. The first-order chi connectivity index (χ1) is 16.3. The molecule has 3 aromatic rings. The number of hydrogen-bond acceptors (Lipinski definition) is 5. The molecule has 0 saturated heterocycles. The minimum absolute atomic E-state index is 0.0654. The van der Waals surface area contributed by atoms with Crippen LogP contribution in [0.5, 0.6) is 11.5 Å². The molecule has 4 rings (SSSR count). The lowest BCUT2D eigenvalue weighted by molar-refractivity contribution is -0.135. The van der Waals surface area contributed by atoms with Crippen LogP contribution in [0.15, 0.2) is 36.7 Å². The smallest absolute Gasteiger partial charge is 0.245 e. The molecule has 1 aliphatic rings. The number of rotatable bonds is 7. The molecule has 1 fully saturated rings. The van der Waals surface area contributed by atoms with Crippen LogP contribution in [0.2, 0.25) is 0 Å². The van der Waals surface area contributed by atoms with Crippen molar-refractivity contribution in [1.82, 2.24) is 20.6 Å². The van der Waals surface area contributed by atoms with Gasteiger partial charge in [-0.1, -0.05) is 25.3 Å². The van der Waals surface area contributed by atoms with Crippen LogP contribution in [-0.2, 0) is 16.0 Å². The number of aryl methyl sites for hydroxylation is 1. The predicted molar refractivity (Wildman–Crippen MR) is 127 cm³/mol. The van der Waals surface area contributed by atoms with Crippen molar-refractivity contribution in [3.8, 4) is 11.5 Å². The number of halogens is 1. The number of hydrogen-bond donors (Lipinski definition) is 4. The average Bonchev–Trinajstić information content (AvgIpc) is 3.22. The average molecular weight is 468 g/mol. The first-order valence-electron chi connectivity index (χ1n) is 11.5. The van der Waals surface area contributed by atoms with Crippen LogP contribution >= 0.6 is 0 Å². The number of benzene rings is 1. The number of aromatic nitrogens is 2. The van der Waals surface area contributed by atoms with Crippen molar-refractivity contribution >= 4 is 22.8 Å². The summed E-state index contributed by atoms with van der Waals surface area (Å²) in [5, 5.41) is 6.32. The van der Waals surface area contributed by atoms with Gasteiger partial charge < -0.3 is 26.1 Å². The van der Waals surface area contributed by atoms with Gasteiger partial charge in [-0.25, -0.2) is 9.37 Å². The molecule has 180 valence electrons. The van der Waals surface area contributed by atoms with Crippen molar-refractivity contribution in [2.45, 2.75) is 57.0 Å². The molecule has 2 heterocycles. The van der Waals surface area contributed by atoms with Crippen molar-refractivity contribution in [2.24, 2.45) is 5.73 Å². The Bertz CT molecular complexity index is 1200. The van der Waals surface area contributed by atoms with Crippen LogP contribution in [-0.4, -0.2) is 40.4 Å². The zero-order chi connectivity index (χ0) is 24.3. The summed E-state index contributed by atoms with van der Waals surface area (Å²) in [5.41, 5.74) is 7.37. The number of nitrogens with zero attached hydrogens (tertiary/aromatic N) is 1. The highest BCUT2D eigenvalue weighted by Crippen LogP contribution is 2.32. The highest BCUT2D eigenvalue weighted by atomic mass is 19.1. The van der Waals surface area contributed by atoms with Crippen LogP contribution in [0.25, 0.3) is 11.0 Å². The van der Waals surface area contributed by atoms with E-state index in [1.54, 1.807) is 25.4 Å². The van der Waals surface area contributed by atoms with Gasteiger partial charge in [-0.05, 0) is 55.5 Å². The number of ether oxygens (including phenoxy) is 1. The molecule has 2 aromatic heterocycles. The van der Waals surface area contributed by atoms with Crippen molar-refractivity contribution in [3.05, 3.63) is 53.6 Å². The maximum absolute atomic E-state index is 14.9. The molecular weight excluding hydrogens is 437 g/mol. The van der Waals surface area contributed by atoms with E-state index in [0.717, 1.165) is 30.2 Å². The van der Waals surface area contributed by atoms with E-state index < -0.39 is 23.3 Å². The van der Waals surface area contributed by atoms with Gasteiger partial charge in [-0.3, -0.25) is 9.59 Å². The molecule has 1 aliphatic carbocycles. The van der Waals surface area contributed by atoms with E-state index in [0.29, 0.717) is 29.8 Å². The monoisotopic (exact) mass is 467 g/mol.